The Morgan fingerprint density at radius 1 is 1.22 bits per heavy atom. The van der Waals surface area contributed by atoms with Crippen LogP contribution in [0.4, 0.5) is 0 Å². The first kappa shape index (κ1) is 28.9. The van der Waals surface area contributed by atoms with E-state index in [1.807, 2.05) is 62.4 Å². The molecule has 0 radical (unpaired) electrons. The van der Waals surface area contributed by atoms with Gasteiger partial charge >= 0.3 is 0 Å². The standard InChI is InChI=1S/C31H35ClN6O3/c1-4-23-15-27(26-9-8-24(16-28(26)32)29-36-20(3)41-37-29)31(39)38(18-22-7-5-6-21(14-22)17-33)30(23)35-19(2)34-25-10-12-40-13-11-25/h4-9,14-16,19,25,34H,10-13,17-18,33H2,1-3H3/b23-4-,35-30+. The minimum Gasteiger partial charge on any atom is -0.381 e. The van der Waals surface area contributed by atoms with Crippen LogP contribution in [0.2, 0.25) is 5.02 Å². The van der Waals surface area contributed by atoms with Crippen LogP contribution in [0.5, 0.6) is 0 Å². The molecule has 3 N–H and O–H groups in total. The van der Waals surface area contributed by atoms with E-state index in [9.17, 15) is 4.79 Å². The zero-order valence-electron chi connectivity index (χ0n) is 23.6. The second-order valence-electron chi connectivity index (χ2n) is 10.2. The molecule has 1 aromatic heterocycles. The van der Waals surface area contributed by atoms with E-state index in [2.05, 4.69) is 15.5 Å². The van der Waals surface area contributed by atoms with Crippen molar-refractivity contribution in [1.29, 1.82) is 0 Å². The number of ether oxygens (including phenoxy) is 1. The van der Waals surface area contributed by atoms with Gasteiger partial charge in [-0.05, 0) is 50.0 Å². The fourth-order valence-corrected chi connectivity index (χ4v) is 5.41. The van der Waals surface area contributed by atoms with E-state index in [1.165, 1.54) is 0 Å². The fraction of sp³-hybridized carbons (Fsp3) is 0.355. The number of hydrogen-bond donors (Lipinski definition) is 2. The third kappa shape index (κ3) is 6.65. The Morgan fingerprint density at radius 3 is 2.68 bits per heavy atom. The molecular weight excluding hydrogens is 540 g/mol. The molecule has 214 valence electrons. The lowest BCUT2D eigenvalue weighted by Gasteiger charge is -2.32. The molecule has 3 heterocycles. The molecule has 2 aromatic carbocycles. The van der Waals surface area contributed by atoms with Crippen LogP contribution in [0.25, 0.3) is 17.0 Å². The molecule has 1 saturated heterocycles. The van der Waals surface area contributed by atoms with Gasteiger partial charge in [0.15, 0.2) is 0 Å². The molecule has 9 nitrogen and oxygen atoms in total. The average molecular weight is 575 g/mol. The first-order chi connectivity index (χ1) is 19.9. The lowest BCUT2D eigenvalue weighted by Crippen LogP contribution is -2.44. The molecule has 2 aliphatic heterocycles. The summed E-state index contributed by atoms with van der Waals surface area (Å²) in [6.45, 7) is 7.92. The van der Waals surface area contributed by atoms with E-state index in [0.29, 0.717) is 58.4 Å². The topological polar surface area (TPSA) is 119 Å². The average Bonchev–Trinajstić information content (AvgIpc) is 3.42. The van der Waals surface area contributed by atoms with Crippen LogP contribution < -0.4 is 11.1 Å². The molecule has 0 aliphatic carbocycles. The largest absolute Gasteiger partial charge is 0.381 e. The van der Waals surface area contributed by atoms with Crippen molar-refractivity contribution in [2.45, 2.75) is 58.9 Å². The van der Waals surface area contributed by atoms with Crippen LogP contribution in [0.1, 0.15) is 49.3 Å². The smallest absolute Gasteiger partial charge is 0.260 e. The summed E-state index contributed by atoms with van der Waals surface area (Å²) in [6.07, 6.45) is 5.50. The van der Waals surface area contributed by atoms with Crippen molar-refractivity contribution in [2.24, 2.45) is 10.7 Å². The highest BCUT2D eigenvalue weighted by atomic mass is 35.5. The van der Waals surface area contributed by atoms with E-state index in [4.69, 9.17) is 31.6 Å². The molecule has 5 rings (SSSR count). The highest BCUT2D eigenvalue weighted by Gasteiger charge is 2.32. The van der Waals surface area contributed by atoms with Gasteiger partial charge in [-0.1, -0.05) is 59.2 Å². The van der Waals surface area contributed by atoms with E-state index in [1.54, 1.807) is 17.9 Å². The summed E-state index contributed by atoms with van der Waals surface area (Å²) in [6, 6.07) is 13.7. The Kier molecular flexibility index (Phi) is 9.09. The number of benzene rings is 2. The first-order valence-corrected chi connectivity index (χ1v) is 14.2. The number of hydrogen-bond acceptors (Lipinski definition) is 8. The lowest BCUT2D eigenvalue weighted by atomic mass is 9.95. The van der Waals surface area contributed by atoms with Crippen LogP contribution in [0.15, 0.2) is 69.7 Å². The van der Waals surface area contributed by atoms with Crippen LogP contribution in [0, 0.1) is 6.92 Å². The van der Waals surface area contributed by atoms with Crippen molar-refractivity contribution in [2.75, 3.05) is 13.2 Å². The van der Waals surface area contributed by atoms with Crippen molar-refractivity contribution < 1.29 is 14.1 Å². The summed E-state index contributed by atoms with van der Waals surface area (Å²) in [4.78, 5) is 25.3. The zero-order valence-corrected chi connectivity index (χ0v) is 24.3. The number of amides is 1. The highest BCUT2D eigenvalue weighted by molar-refractivity contribution is 6.37. The molecule has 1 amide bonds. The summed E-state index contributed by atoms with van der Waals surface area (Å²) in [5.74, 6) is 1.33. The van der Waals surface area contributed by atoms with Gasteiger partial charge in [-0.2, -0.15) is 4.98 Å². The molecule has 1 fully saturated rings. The number of carbonyl (C=O) groups is 1. The summed E-state index contributed by atoms with van der Waals surface area (Å²) < 4.78 is 10.6. The number of nitrogens with one attached hydrogen (secondary N) is 1. The van der Waals surface area contributed by atoms with Crippen LogP contribution in [-0.2, 0) is 22.6 Å². The van der Waals surface area contributed by atoms with Gasteiger partial charge in [0, 0.05) is 60.0 Å². The number of aliphatic imine (C=N–C) groups is 1. The number of nitrogens with zero attached hydrogens (tertiary/aromatic N) is 4. The second-order valence-corrected chi connectivity index (χ2v) is 10.6. The normalized spacial score (nSPS) is 19.2. The number of amidine groups is 1. The number of carbonyl (C=O) groups excluding carboxylic acids is 1. The van der Waals surface area contributed by atoms with Crippen molar-refractivity contribution in [3.8, 4) is 11.4 Å². The Labute approximate surface area is 245 Å². The third-order valence-electron chi connectivity index (χ3n) is 7.23. The molecule has 0 saturated carbocycles. The number of nitrogens with two attached hydrogens (primary N) is 1. The lowest BCUT2D eigenvalue weighted by molar-refractivity contribution is -0.122. The second kappa shape index (κ2) is 12.9. The molecule has 2 aliphatic rings. The van der Waals surface area contributed by atoms with Gasteiger partial charge in [0.25, 0.3) is 5.91 Å². The molecule has 0 bridgehead atoms. The maximum atomic E-state index is 14.2. The Hall–Kier alpha value is -3.63. The van der Waals surface area contributed by atoms with Gasteiger partial charge in [-0.3, -0.25) is 15.0 Å². The molecule has 3 aromatic rings. The molecule has 1 unspecified atom stereocenters. The third-order valence-corrected chi connectivity index (χ3v) is 7.54. The maximum absolute atomic E-state index is 14.2. The Balaban J connectivity index is 1.52. The van der Waals surface area contributed by atoms with E-state index in [-0.39, 0.29) is 12.1 Å². The molecule has 0 spiro atoms. The van der Waals surface area contributed by atoms with Crippen molar-refractivity contribution in [3.05, 3.63) is 87.8 Å². The summed E-state index contributed by atoms with van der Waals surface area (Å²) in [5, 5.41) is 7.99. The minimum absolute atomic E-state index is 0.184. The maximum Gasteiger partial charge on any atom is 0.260 e. The van der Waals surface area contributed by atoms with Gasteiger partial charge < -0.3 is 15.0 Å². The Morgan fingerprint density at radius 2 is 2.00 bits per heavy atom. The van der Waals surface area contributed by atoms with Gasteiger partial charge in [0.1, 0.15) is 5.84 Å². The molecule has 41 heavy (non-hydrogen) atoms. The van der Waals surface area contributed by atoms with E-state index in [0.717, 1.165) is 42.8 Å². The quantitative estimate of drug-likeness (QED) is 0.387. The molecule has 1 atom stereocenters. The molecule has 10 heteroatoms. The van der Waals surface area contributed by atoms with Gasteiger partial charge in [-0.15, -0.1) is 0 Å². The van der Waals surface area contributed by atoms with Crippen LogP contribution in [0.3, 0.4) is 0 Å². The van der Waals surface area contributed by atoms with Crippen molar-refractivity contribution in [1.82, 2.24) is 20.4 Å². The zero-order chi connectivity index (χ0) is 28.9. The van der Waals surface area contributed by atoms with E-state index >= 15 is 0 Å². The highest BCUT2D eigenvalue weighted by Crippen LogP contribution is 2.34. The predicted molar refractivity (Wildman–Crippen MR) is 160 cm³/mol. The first-order valence-electron chi connectivity index (χ1n) is 13.9. The SMILES string of the molecule is C/C=C1/C=C(c2ccc(-c3noc(C)n3)cc2Cl)C(=O)N(Cc2cccc(CN)c2)/C1=N/C(C)NC1CCOCC1. The summed E-state index contributed by atoms with van der Waals surface area (Å²) in [5.41, 5.74) is 10.5. The van der Waals surface area contributed by atoms with E-state index < -0.39 is 0 Å². The molecular formula is C31H35ClN6O3. The number of halogens is 1. The number of rotatable bonds is 8. The van der Waals surface area contributed by atoms with Gasteiger partial charge in [0.05, 0.1) is 12.7 Å². The number of aromatic nitrogens is 2. The van der Waals surface area contributed by atoms with Crippen LogP contribution >= 0.6 is 11.6 Å². The summed E-state index contributed by atoms with van der Waals surface area (Å²) in [7, 11) is 0. The predicted octanol–water partition coefficient (Wildman–Crippen LogP) is 5.04. The minimum atomic E-state index is -0.204. The fourth-order valence-electron chi connectivity index (χ4n) is 5.13. The number of aryl methyl sites for hydroxylation is 1. The van der Waals surface area contributed by atoms with Gasteiger partial charge in [-0.25, -0.2) is 4.99 Å². The van der Waals surface area contributed by atoms with Crippen molar-refractivity contribution in [3.63, 3.8) is 0 Å². The van der Waals surface area contributed by atoms with Crippen molar-refractivity contribution >= 4 is 28.9 Å². The summed E-state index contributed by atoms with van der Waals surface area (Å²) >= 11 is 6.77. The number of allylic oxidation sites excluding steroid dienone is 1. The van der Waals surface area contributed by atoms with Crippen LogP contribution in [-0.4, -0.2) is 52.2 Å². The Bertz CT molecular complexity index is 1500. The monoisotopic (exact) mass is 574 g/mol. The van der Waals surface area contributed by atoms with Gasteiger partial charge in [0.2, 0.25) is 11.7 Å².